The van der Waals surface area contributed by atoms with Gasteiger partial charge < -0.3 is 20.7 Å². The number of rotatable bonds is 9. The molecule has 1 amide bonds. The Kier molecular flexibility index (Phi) is 12.9. The van der Waals surface area contributed by atoms with Crippen LogP contribution in [0.2, 0.25) is 10.0 Å². The monoisotopic (exact) mass is 543 g/mol. The van der Waals surface area contributed by atoms with Crippen molar-refractivity contribution < 1.29 is 18.4 Å². The summed E-state index contributed by atoms with van der Waals surface area (Å²) in [5.41, 5.74) is 2.35. The Morgan fingerprint density at radius 1 is 1.25 bits per heavy atom. The summed E-state index contributed by atoms with van der Waals surface area (Å²) >= 11 is 12.0. The summed E-state index contributed by atoms with van der Waals surface area (Å²) in [5, 5.41) is 9.33. The van der Waals surface area contributed by atoms with Gasteiger partial charge in [-0.2, -0.15) is 0 Å². The Morgan fingerprint density at radius 2 is 1.89 bits per heavy atom. The van der Waals surface area contributed by atoms with Gasteiger partial charge in [-0.25, -0.2) is 8.78 Å². The van der Waals surface area contributed by atoms with E-state index in [2.05, 4.69) is 32.7 Å². The van der Waals surface area contributed by atoms with Crippen molar-refractivity contribution in [3.05, 3.63) is 51.2 Å². The molecular formula is C25H33Cl2F2N5O2. The lowest BCUT2D eigenvalue weighted by Crippen LogP contribution is -2.43. The molecule has 3 N–H and O–H groups in total. The average Bonchev–Trinajstić information content (AvgIpc) is 2.83. The molecule has 7 nitrogen and oxygen atoms in total. The minimum atomic E-state index is -2.75. The lowest BCUT2D eigenvalue weighted by molar-refractivity contribution is -0.125. The number of carbonyl (C=O) groups excluding carboxylic acids is 2. The largest absolute Gasteiger partial charge is 0.366 e. The van der Waals surface area contributed by atoms with Crippen LogP contribution in [-0.4, -0.2) is 57.9 Å². The molecule has 0 aliphatic carbocycles. The Morgan fingerprint density at radius 3 is 2.39 bits per heavy atom. The average molecular weight is 544 g/mol. The molecule has 2 unspecified atom stereocenters. The molecule has 0 bridgehead atoms. The molecule has 198 valence electrons. The van der Waals surface area contributed by atoms with Gasteiger partial charge in [0.15, 0.2) is 0 Å². The fourth-order valence-electron chi connectivity index (χ4n) is 2.92. The van der Waals surface area contributed by atoms with E-state index < -0.39 is 24.3 Å². The van der Waals surface area contributed by atoms with E-state index in [1.807, 2.05) is 20.8 Å². The Hall–Kier alpha value is -2.62. The lowest BCUT2D eigenvalue weighted by Gasteiger charge is -2.24. The number of hydrogen-bond acceptors (Lipinski definition) is 6. The van der Waals surface area contributed by atoms with Crippen molar-refractivity contribution in [2.24, 2.45) is 21.3 Å². The standard InChI is InChI=1S/C20H23Cl2F2N5O.C5H10O/c1-11(26-3)17(13-4-5-15(21)16(22)7-13)28-10-29-20(30)14-6-12(8-25-2)9-27-18(14)19(23)24;1-5(2,3)4-6/h4-7,9,14,18-19,25,28H,3,8,10H2,1-2H3,(H,29,30);4H,1-3H3/b17-11-;. The van der Waals surface area contributed by atoms with E-state index in [1.54, 1.807) is 32.2 Å². The van der Waals surface area contributed by atoms with Crippen LogP contribution >= 0.6 is 23.2 Å². The number of carbonyl (C=O) groups is 2. The van der Waals surface area contributed by atoms with Gasteiger partial charge in [-0.05, 0) is 38.4 Å². The van der Waals surface area contributed by atoms with Crippen LogP contribution in [-0.2, 0) is 9.59 Å². The second kappa shape index (κ2) is 14.8. The number of alkyl halides is 2. The van der Waals surface area contributed by atoms with Gasteiger partial charge in [0, 0.05) is 23.7 Å². The van der Waals surface area contributed by atoms with Gasteiger partial charge >= 0.3 is 0 Å². The van der Waals surface area contributed by atoms with Crippen molar-refractivity contribution in [3.63, 3.8) is 0 Å². The zero-order valence-corrected chi connectivity index (χ0v) is 22.6. The van der Waals surface area contributed by atoms with Crippen LogP contribution in [0.3, 0.4) is 0 Å². The van der Waals surface area contributed by atoms with Gasteiger partial charge in [-0.15, -0.1) is 0 Å². The predicted molar refractivity (Wildman–Crippen MR) is 144 cm³/mol. The van der Waals surface area contributed by atoms with Crippen molar-refractivity contribution in [3.8, 4) is 0 Å². The summed E-state index contributed by atoms with van der Waals surface area (Å²) in [6.45, 7) is 11.3. The van der Waals surface area contributed by atoms with E-state index in [-0.39, 0.29) is 12.1 Å². The highest BCUT2D eigenvalue weighted by molar-refractivity contribution is 6.42. The first-order valence-electron chi connectivity index (χ1n) is 11.1. The predicted octanol–water partition coefficient (Wildman–Crippen LogP) is 4.76. The van der Waals surface area contributed by atoms with Crippen molar-refractivity contribution in [1.82, 2.24) is 16.0 Å². The molecule has 2 atom stereocenters. The molecule has 0 aromatic heterocycles. The van der Waals surface area contributed by atoms with Crippen molar-refractivity contribution >= 4 is 54.0 Å². The van der Waals surface area contributed by atoms with E-state index in [1.165, 1.54) is 12.3 Å². The minimum absolute atomic E-state index is 0.0212. The molecule has 1 aromatic rings. The summed E-state index contributed by atoms with van der Waals surface area (Å²) in [7, 11) is 1.72. The van der Waals surface area contributed by atoms with E-state index in [0.29, 0.717) is 39.1 Å². The highest BCUT2D eigenvalue weighted by atomic mass is 35.5. The SMILES string of the molecule is C=N/C(C)=C(\NCNC(=O)C1C=C(CNC)C=NC1C(F)F)c1ccc(Cl)c(Cl)c1.CC(C)(C)C=O. The number of aliphatic imine (C=N–C) groups is 2. The molecule has 0 saturated carbocycles. The summed E-state index contributed by atoms with van der Waals surface area (Å²) < 4.78 is 26.7. The van der Waals surface area contributed by atoms with E-state index in [9.17, 15) is 18.4 Å². The lowest BCUT2D eigenvalue weighted by atomic mass is 9.94. The van der Waals surface area contributed by atoms with Gasteiger partial charge in [0.1, 0.15) is 12.3 Å². The van der Waals surface area contributed by atoms with Gasteiger partial charge in [-0.3, -0.25) is 14.8 Å². The maximum absolute atomic E-state index is 13.3. The fourth-order valence-corrected chi connectivity index (χ4v) is 3.21. The van der Waals surface area contributed by atoms with Crippen LogP contribution in [0.15, 0.2) is 45.5 Å². The molecule has 36 heavy (non-hydrogen) atoms. The molecule has 0 fully saturated rings. The third kappa shape index (κ3) is 10.2. The smallest absolute Gasteiger partial charge is 0.261 e. The highest BCUT2D eigenvalue weighted by Gasteiger charge is 2.35. The molecular weight excluding hydrogens is 511 g/mol. The molecule has 1 aliphatic rings. The first-order chi connectivity index (χ1) is 16.8. The molecule has 1 aliphatic heterocycles. The number of likely N-dealkylation sites (N-methyl/N-ethyl adjacent to an activating group) is 1. The van der Waals surface area contributed by atoms with Crippen LogP contribution in [0.1, 0.15) is 33.3 Å². The van der Waals surface area contributed by atoms with E-state index >= 15 is 0 Å². The van der Waals surface area contributed by atoms with Crippen LogP contribution in [0, 0.1) is 11.3 Å². The third-order valence-electron chi connectivity index (χ3n) is 4.80. The quantitative estimate of drug-likeness (QED) is 0.238. The summed E-state index contributed by atoms with van der Waals surface area (Å²) in [4.78, 5) is 30.2. The number of amides is 1. The Labute approximate surface area is 221 Å². The number of nitrogens with zero attached hydrogens (tertiary/aromatic N) is 2. The number of nitrogens with one attached hydrogen (secondary N) is 3. The van der Waals surface area contributed by atoms with E-state index in [0.717, 1.165) is 6.29 Å². The number of benzene rings is 1. The molecule has 11 heteroatoms. The molecule has 0 saturated heterocycles. The number of hydrogen-bond donors (Lipinski definition) is 3. The van der Waals surface area contributed by atoms with Crippen molar-refractivity contribution in [2.75, 3.05) is 20.3 Å². The van der Waals surface area contributed by atoms with Crippen molar-refractivity contribution in [1.29, 1.82) is 0 Å². The van der Waals surface area contributed by atoms with Gasteiger partial charge in [0.05, 0.1) is 34.0 Å². The summed E-state index contributed by atoms with van der Waals surface area (Å²) in [5.74, 6) is -1.63. The number of allylic oxidation sites excluding steroid dienone is 1. The van der Waals surface area contributed by atoms with Crippen molar-refractivity contribution in [2.45, 2.75) is 40.2 Å². The third-order valence-corrected chi connectivity index (χ3v) is 5.54. The number of dihydropyridines is 1. The molecule has 1 heterocycles. The van der Waals surface area contributed by atoms with Crippen LogP contribution < -0.4 is 16.0 Å². The zero-order chi connectivity index (χ0) is 27.5. The molecule has 1 aromatic carbocycles. The van der Waals surface area contributed by atoms with Gasteiger partial charge in [0.25, 0.3) is 6.43 Å². The summed E-state index contributed by atoms with van der Waals surface area (Å²) in [6.07, 6.45) is 1.07. The van der Waals surface area contributed by atoms with E-state index in [4.69, 9.17) is 23.2 Å². The Balaban J connectivity index is 0.000000960. The second-order valence-corrected chi connectivity index (χ2v) is 9.84. The molecule has 0 radical (unpaired) electrons. The number of aldehydes is 1. The van der Waals surface area contributed by atoms with Gasteiger partial charge in [0.2, 0.25) is 5.91 Å². The zero-order valence-electron chi connectivity index (χ0n) is 21.0. The second-order valence-electron chi connectivity index (χ2n) is 9.03. The highest BCUT2D eigenvalue weighted by Crippen LogP contribution is 2.27. The maximum Gasteiger partial charge on any atom is 0.261 e. The van der Waals surface area contributed by atoms with Gasteiger partial charge in [-0.1, -0.05) is 56.1 Å². The fraction of sp³-hybridized carbons (Fsp3) is 0.440. The van der Waals surface area contributed by atoms with Crippen LogP contribution in [0.5, 0.6) is 0 Å². The molecule has 2 rings (SSSR count). The minimum Gasteiger partial charge on any atom is -0.366 e. The summed E-state index contributed by atoms with van der Waals surface area (Å²) in [6, 6.07) is 3.60. The van der Waals surface area contributed by atoms with Crippen LogP contribution in [0.25, 0.3) is 5.70 Å². The topological polar surface area (TPSA) is 94.9 Å². The Bertz CT molecular complexity index is 1020. The van der Waals surface area contributed by atoms with Crippen LogP contribution in [0.4, 0.5) is 8.78 Å². The normalized spacial score (nSPS) is 17.9. The maximum atomic E-state index is 13.3. The first kappa shape index (κ1) is 31.4. The number of halogens is 4. The first-order valence-corrected chi connectivity index (χ1v) is 11.9. The molecule has 0 spiro atoms.